The lowest BCUT2D eigenvalue weighted by Crippen LogP contribution is -2.10. The summed E-state index contributed by atoms with van der Waals surface area (Å²) in [5, 5.41) is 16.7. The fourth-order valence-corrected chi connectivity index (χ4v) is 13.4. The number of fused-ring (bicyclic) bond motifs is 23. The average molecular weight is 1050 g/mol. The zero-order valence-electron chi connectivity index (χ0n) is 43.4. The van der Waals surface area contributed by atoms with Crippen LogP contribution in [0.3, 0.4) is 0 Å². The molecule has 382 valence electrons. The Bertz CT molecular complexity index is 5350. The van der Waals surface area contributed by atoms with E-state index in [1.54, 1.807) is 0 Å². The summed E-state index contributed by atoms with van der Waals surface area (Å²) in [6.07, 6.45) is 0. The van der Waals surface area contributed by atoms with E-state index in [1.807, 2.05) is 48.5 Å². The van der Waals surface area contributed by atoms with Crippen LogP contribution in [0.25, 0.3) is 153 Å². The zero-order chi connectivity index (χ0) is 53.3. The molecule has 0 aliphatic rings. The van der Waals surface area contributed by atoms with Gasteiger partial charge in [-0.05, 0) is 120 Å². The van der Waals surface area contributed by atoms with Crippen LogP contribution >= 0.6 is 0 Å². The van der Waals surface area contributed by atoms with Crippen molar-refractivity contribution in [2.75, 3.05) is 9.80 Å². The standard InChI is InChI=1S/C74H40N2O6/c1-3-19-51-45(13-1)57(75(41-25-29-63-53(35-41)47-15-5-9-21-59(47)77-63)42-26-30-64-54(36-42)48-16-6-10-22-60(48)78-64)39-69-71(51)73-67(81-69)33-34-68-74(73)72-52-20-4-2-14-46(52)58(40-70(72)82-68)76(43-27-31-65-55(37-43)49-17-7-11-23-61(49)79-65)44-28-32-66-56(38-44)50-18-8-12-24-62(50)80-66/h1-40H. The summed E-state index contributed by atoms with van der Waals surface area (Å²) in [7, 11) is 0. The number of rotatable bonds is 6. The van der Waals surface area contributed by atoms with Gasteiger partial charge in [0.15, 0.2) is 0 Å². The largest absolute Gasteiger partial charge is 0.456 e. The number of hydrogen-bond donors (Lipinski definition) is 0. The monoisotopic (exact) mass is 1050 g/mol. The highest BCUT2D eigenvalue weighted by Crippen LogP contribution is 2.52. The first-order valence-electron chi connectivity index (χ1n) is 27.5. The molecular weight excluding hydrogens is 1010 g/mol. The van der Waals surface area contributed by atoms with E-state index in [1.165, 1.54) is 0 Å². The molecule has 0 spiro atoms. The first-order chi connectivity index (χ1) is 40.6. The Hall–Kier alpha value is -11.2. The summed E-state index contributed by atoms with van der Waals surface area (Å²) in [6, 6.07) is 84.8. The van der Waals surface area contributed by atoms with Crippen LogP contribution in [0.15, 0.2) is 269 Å². The highest BCUT2D eigenvalue weighted by atomic mass is 16.3. The number of hydrogen-bond acceptors (Lipinski definition) is 8. The smallest absolute Gasteiger partial charge is 0.138 e. The minimum Gasteiger partial charge on any atom is -0.456 e. The quantitative estimate of drug-likeness (QED) is 0.163. The Morgan fingerprint density at radius 1 is 0.171 bits per heavy atom. The molecule has 0 fully saturated rings. The van der Waals surface area contributed by atoms with E-state index >= 15 is 0 Å². The first-order valence-corrected chi connectivity index (χ1v) is 27.5. The van der Waals surface area contributed by atoms with Gasteiger partial charge in [-0.15, -0.1) is 0 Å². The number of anilines is 6. The average Bonchev–Trinajstić information content (AvgIpc) is 2.58. The molecule has 0 radical (unpaired) electrons. The molecule has 0 N–H and O–H groups in total. The number of nitrogens with zero attached hydrogens (tertiary/aromatic N) is 2. The van der Waals surface area contributed by atoms with Crippen molar-refractivity contribution >= 4 is 187 Å². The van der Waals surface area contributed by atoms with Crippen molar-refractivity contribution in [3.05, 3.63) is 243 Å². The molecule has 19 aromatic rings. The van der Waals surface area contributed by atoms with Crippen LogP contribution in [0.1, 0.15) is 0 Å². The molecule has 8 nitrogen and oxygen atoms in total. The molecule has 19 rings (SSSR count). The van der Waals surface area contributed by atoms with Crippen LogP contribution in [-0.2, 0) is 0 Å². The summed E-state index contributed by atoms with van der Waals surface area (Å²) in [5.74, 6) is 0. The van der Waals surface area contributed by atoms with Crippen molar-refractivity contribution in [3.8, 4) is 0 Å². The molecule has 13 aromatic carbocycles. The lowest BCUT2D eigenvalue weighted by molar-refractivity contribution is 0.663. The number of benzene rings is 13. The van der Waals surface area contributed by atoms with E-state index in [-0.39, 0.29) is 0 Å². The predicted molar refractivity (Wildman–Crippen MR) is 334 cm³/mol. The normalized spacial score (nSPS) is 12.4. The molecule has 0 atom stereocenters. The Balaban J connectivity index is 0.861. The molecule has 0 saturated heterocycles. The minimum absolute atomic E-state index is 0.761. The van der Waals surface area contributed by atoms with Gasteiger partial charge in [-0.2, -0.15) is 0 Å². The van der Waals surface area contributed by atoms with Gasteiger partial charge < -0.3 is 36.3 Å². The van der Waals surface area contributed by atoms with Crippen LogP contribution in [-0.4, -0.2) is 0 Å². The SMILES string of the molecule is c1ccc2c(c1)oc1ccc(N(c3ccc4oc5ccccc5c4c3)c3cc4oc5ccc6oc7cc(N(c8ccc9oc%10ccccc%10c9c8)c8ccc9oc%10ccccc%10c9c8)c8ccccc8c7c6c5c4c4ccccc34)cc12. The molecule has 0 saturated carbocycles. The van der Waals surface area contributed by atoms with Crippen molar-refractivity contribution in [2.45, 2.75) is 0 Å². The van der Waals surface area contributed by atoms with Crippen LogP contribution in [0.5, 0.6) is 0 Å². The van der Waals surface area contributed by atoms with Gasteiger partial charge in [-0.3, -0.25) is 0 Å². The Morgan fingerprint density at radius 3 is 0.732 bits per heavy atom. The highest BCUT2D eigenvalue weighted by Gasteiger charge is 2.27. The van der Waals surface area contributed by atoms with Crippen LogP contribution in [0.2, 0.25) is 0 Å². The molecule has 0 bridgehead atoms. The van der Waals surface area contributed by atoms with Crippen LogP contribution in [0, 0.1) is 0 Å². The topological polar surface area (TPSA) is 85.3 Å². The Morgan fingerprint density at radius 2 is 0.415 bits per heavy atom. The second kappa shape index (κ2) is 16.2. The molecule has 8 heteroatoms. The summed E-state index contributed by atoms with van der Waals surface area (Å²) in [4.78, 5) is 4.70. The summed E-state index contributed by atoms with van der Waals surface area (Å²) in [6.45, 7) is 0. The van der Waals surface area contributed by atoms with Crippen molar-refractivity contribution in [3.63, 3.8) is 0 Å². The molecule has 6 heterocycles. The number of para-hydroxylation sites is 4. The molecule has 0 unspecified atom stereocenters. The minimum atomic E-state index is 0.761. The zero-order valence-corrected chi connectivity index (χ0v) is 43.4. The van der Waals surface area contributed by atoms with Gasteiger partial charge >= 0.3 is 0 Å². The predicted octanol–water partition coefficient (Wildman–Crippen LogP) is 22.3. The lowest BCUT2D eigenvalue weighted by atomic mass is 9.96. The molecule has 0 aliphatic heterocycles. The summed E-state index contributed by atoms with van der Waals surface area (Å²) >= 11 is 0. The first kappa shape index (κ1) is 43.7. The molecule has 0 aliphatic carbocycles. The maximum Gasteiger partial charge on any atom is 0.138 e. The maximum atomic E-state index is 7.17. The van der Waals surface area contributed by atoms with Gasteiger partial charge in [0.25, 0.3) is 0 Å². The third-order valence-corrected chi connectivity index (χ3v) is 17.0. The highest BCUT2D eigenvalue weighted by molar-refractivity contribution is 6.36. The van der Waals surface area contributed by atoms with E-state index < -0.39 is 0 Å². The Labute approximate surface area is 463 Å². The maximum absolute atomic E-state index is 7.17. The van der Waals surface area contributed by atoms with Crippen molar-refractivity contribution in [2.24, 2.45) is 0 Å². The van der Waals surface area contributed by atoms with E-state index in [0.29, 0.717) is 0 Å². The fourth-order valence-electron chi connectivity index (χ4n) is 13.4. The van der Waals surface area contributed by atoms with E-state index in [2.05, 4.69) is 204 Å². The van der Waals surface area contributed by atoms with E-state index in [4.69, 9.17) is 26.5 Å². The third-order valence-electron chi connectivity index (χ3n) is 17.0. The molecule has 6 aromatic heterocycles. The summed E-state index contributed by atoms with van der Waals surface area (Å²) < 4.78 is 39.9. The van der Waals surface area contributed by atoms with Gasteiger partial charge in [0, 0.05) is 110 Å². The second-order valence-electron chi connectivity index (χ2n) is 21.4. The number of furan rings is 6. The summed E-state index contributed by atoms with van der Waals surface area (Å²) in [5.41, 5.74) is 15.6. The lowest BCUT2D eigenvalue weighted by Gasteiger charge is -2.27. The second-order valence-corrected chi connectivity index (χ2v) is 21.4. The fraction of sp³-hybridized carbons (Fsp3) is 0. The van der Waals surface area contributed by atoms with E-state index in [0.717, 1.165) is 187 Å². The van der Waals surface area contributed by atoms with Gasteiger partial charge in [0.05, 0.1) is 11.4 Å². The van der Waals surface area contributed by atoms with E-state index in [9.17, 15) is 0 Å². The van der Waals surface area contributed by atoms with Gasteiger partial charge in [0.2, 0.25) is 0 Å². The van der Waals surface area contributed by atoms with Crippen LogP contribution in [0.4, 0.5) is 34.1 Å². The van der Waals surface area contributed by atoms with Crippen molar-refractivity contribution in [1.29, 1.82) is 0 Å². The third kappa shape index (κ3) is 6.09. The molecule has 82 heavy (non-hydrogen) atoms. The Kier molecular flexibility index (Phi) is 8.63. The van der Waals surface area contributed by atoms with Gasteiger partial charge in [0.1, 0.15) is 67.0 Å². The molecular formula is C74H40N2O6. The van der Waals surface area contributed by atoms with Gasteiger partial charge in [-0.1, -0.05) is 121 Å². The van der Waals surface area contributed by atoms with Crippen molar-refractivity contribution < 1.29 is 26.5 Å². The van der Waals surface area contributed by atoms with Crippen molar-refractivity contribution in [1.82, 2.24) is 0 Å². The molecule has 0 amide bonds. The van der Waals surface area contributed by atoms with Crippen LogP contribution < -0.4 is 9.80 Å². The van der Waals surface area contributed by atoms with Gasteiger partial charge in [-0.25, -0.2) is 0 Å².